The monoisotopic (exact) mass is 310 g/mol. The lowest BCUT2D eigenvalue weighted by Crippen LogP contribution is -2.25. The van der Waals surface area contributed by atoms with E-state index < -0.39 is 12.0 Å². The van der Waals surface area contributed by atoms with Crippen molar-refractivity contribution in [2.24, 2.45) is 5.10 Å². The fourth-order valence-corrected chi connectivity index (χ4v) is 2.45. The van der Waals surface area contributed by atoms with E-state index >= 15 is 0 Å². The van der Waals surface area contributed by atoms with Crippen molar-refractivity contribution in [1.29, 1.82) is 0 Å². The second-order valence-electron chi connectivity index (χ2n) is 5.72. The van der Waals surface area contributed by atoms with Gasteiger partial charge in [-0.3, -0.25) is 4.79 Å². The van der Waals surface area contributed by atoms with Crippen LogP contribution >= 0.6 is 0 Å². The maximum absolute atomic E-state index is 12.0. The fraction of sp³-hybridized carbons (Fsp3) is 0.263. The van der Waals surface area contributed by atoms with E-state index in [1.165, 1.54) is 11.1 Å². The molecule has 1 atom stereocenters. The van der Waals surface area contributed by atoms with Gasteiger partial charge in [0.25, 0.3) is 5.91 Å². The Balaban J connectivity index is 2.12. The largest absolute Gasteiger partial charge is 0.378 e. The van der Waals surface area contributed by atoms with Crippen LogP contribution in [0, 0.1) is 27.7 Å². The van der Waals surface area contributed by atoms with Gasteiger partial charge in [-0.25, -0.2) is 5.43 Å². The molecule has 1 amide bonds. The molecule has 0 spiro atoms. The lowest BCUT2D eigenvalue weighted by molar-refractivity contribution is -0.129. The van der Waals surface area contributed by atoms with Crippen LogP contribution < -0.4 is 5.43 Å². The van der Waals surface area contributed by atoms with Crippen LogP contribution in [0.5, 0.6) is 0 Å². The minimum atomic E-state index is -1.23. The van der Waals surface area contributed by atoms with Crippen LogP contribution in [0.25, 0.3) is 0 Å². The number of carbonyl (C=O) groups is 1. The van der Waals surface area contributed by atoms with Gasteiger partial charge < -0.3 is 5.11 Å². The lowest BCUT2D eigenvalue weighted by atomic mass is 9.95. The van der Waals surface area contributed by atoms with E-state index in [0.717, 1.165) is 16.7 Å². The standard InChI is InChI=1S/C19H22N2O2/c1-12-10-13(2)15(4)17(14(12)3)11-20-21-19(23)18(22)16-8-6-5-7-9-16/h5-11,18,22H,1-4H3,(H,21,23)/b20-11-/t18-/m0/s1. The summed E-state index contributed by atoms with van der Waals surface area (Å²) in [5.74, 6) is -0.549. The molecule has 2 rings (SSSR count). The average Bonchev–Trinajstić information content (AvgIpc) is 2.56. The van der Waals surface area contributed by atoms with E-state index in [-0.39, 0.29) is 0 Å². The van der Waals surface area contributed by atoms with E-state index in [4.69, 9.17) is 0 Å². The van der Waals surface area contributed by atoms with Crippen LogP contribution in [0.1, 0.15) is 39.5 Å². The SMILES string of the molecule is Cc1cc(C)c(C)c(/C=N\NC(=O)[C@@H](O)c2ccccc2)c1C. The first-order valence-electron chi connectivity index (χ1n) is 7.55. The third-order valence-corrected chi connectivity index (χ3v) is 4.16. The van der Waals surface area contributed by atoms with E-state index in [1.807, 2.05) is 19.9 Å². The highest BCUT2D eigenvalue weighted by Gasteiger charge is 2.16. The molecule has 0 fully saturated rings. The van der Waals surface area contributed by atoms with Gasteiger partial charge in [-0.2, -0.15) is 5.10 Å². The highest BCUT2D eigenvalue weighted by Crippen LogP contribution is 2.20. The van der Waals surface area contributed by atoms with Gasteiger partial charge in [0.15, 0.2) is 6.10 Å². The number of hydrogen-bond donors (Lipinski definition) is 2. The smallest absolute Gasteiger partial charge is 0.273 e. The first kappa shape index (κ1) is 16.9. The van der Waals surface area contributed by atoms with Crippen molar-refractivity contribution >= 4 is 12.1 Å². The number of aryl methyl sites for hydroxylation is 2. The van der Waals surface area contributed by atoms with Gasteiger partial charge in [-0.15, -0.1) is 0 Å². The normalized spacial score (nSPS) is 12.4. The summed E-state index contributed by atoms with van der Waals surface area (Å²) in [6.07, 6.45) is 0.412. The van der Waals surface area contributed by atoms with Crippen molar-refractivity contribution in [3.05, 3.63) is 69.8 Å². The van der Waals surface area contributed by atoms with Crippen LogP contribution in [0.15, 0.2) is 41.5 Å². The predicted molar refractivity (Wildman–Crippen MR) is 92.5 cm³/mol. The molecule has 0 heterocycles. The molecular formula is C19H22N2O2. The number of rotatable bonds is 4. The topological polar surface area (TPSA) is 61.7 Å². The number of amides is 1. The average molecular weight is 310 g/mol. The number of hydrazone groups is 1. The molecule has 2 aromatic carbocycles. The van der Waals surface area contributed by atoms with Crippen molar-refractivity contribution < 1.29 is 9.90 Å². The molecule has 2 N–H and O–H groups in total. The van der Waals surface area contributed by atoms with Crippen LogP contribution in [0.3, 0.4) is 0 Å². The fourth-order valence-electron chi connectivity index (χ4n) is 2.45. The second kappa shape index (κ2) is 7.20. The summed E-state index contributed by atoms with van der Waals surface area (Å²) in [7, 11) is 0. The zero-order valence-electron chi connectivity index (χ0n) is 13.9. The van der Waals surface area contributed by atoms with Gasteiger partial charge in [0.05, 0.1) is 6.21 Å². The predicted octanol–water partition coefficient (Wildman–Crippen LogP) is 3.10. The van der Waals surface area contributed by atoms with Crippen molar-refractivity contribution in [2.75, 3.05) is 0 Å². The van der Waals surface area contributed by atoms with Gasteiger partial charge in [-0.1, -0.05) is 36.4 Å². The number of carbonyl (C=O) groups excluding carboxylic acids is 1. The van der Waals surface area contributed by atoms with Crippen LogP contribution in [-0.4, -0.2) is 17.2 Å². The summed E-state index contributed by atoms with van der Waals surface area (Å²) in [6, 6.07) is 10.9. The molecule has 0 aliphatic heterocycles. The lowest BCUT2D eigenvalue weighted by Gasteiger charge is -2.12. The second-order valence-corrected chi connectivity index (χ2v) is 5.72. The summed E-state index contributed by atoms with van der Waals surface area (Å²) < 4.78 is 0. The van der Waals surface area contributed by atoms with Crippen LogP contribution in [0.4, 0.5) is 0 Å². The molecule has 2 aromatic rings. The molecule has 0 unspecified atom stereocenters. The Morgan fingerprint density at radius 2 is 1.65 bits per heavy atom. The Labute approximate surface area is 136 Å². The molecular weight excluding hydrogens is 288 g/mol. The van der Waals surface area contributed by atoms with Gasteiger partial charge in [0.1, 0.15) is 0 Å². The summed E-state index contributed by atoms with van der Waals surface area (Å²) in [5, 5.41) is 14.0. The third-order valence-electron chi connectivity index (χ3n) is 4.16. The molecule has 120 valence electrons. The quantitative estimate of drug-likeness (QED) is 0.673. The Hall–Kier alpha value is -2.46. The summed E-state index contributed by atoms with van der Waals surface area (Å²) in [6.45, 7) is 8.17. The van der Waals surface area contributed by atoms with Gasteiger partial charge in [-0.05, 0) is 55.5 Å². The third kappa shape index (κ3) is 3.85. The molecule has 0 bridgehead atoms. The van der Waals surface area contributed by atoms with Crippen LogP contribution in [-0.2, 0) is 4.79 Å². The number of hydrogen-bond acceptors (Lipinski definition) is 3. The highest BCUT2D eigenvalue weighted by atomic mass is 16.3. The summed E-state index contributed by atoms with van der Waals surface area (Å²) in [5.41, 5.74) is 8.58. The Morgan fingerprint density at radius 3 is 2.22 bits per heavy atom. The molecule has 0 saturated heterocycles. The molecule has 4 heteroatoms. The van der Waals surface area contributed by atoms with Crippen LogP contribution in [0.2, 0.25) is 0 Å². The minimum absolute atomic E-state index is 0.541. The molecule has 23 heavy (non-hydrogen) atoms. The molecule has 4 nitrogen and oxygen atoms in total. The molecule has 0 aliphatic rings. The molecule has 0 aromatic heterocycles. The number of aliphatic hydroxyl groups excluding tert-OH is 1. The zero-order valence-corrected chi connectivity index (χ0v) is 13.9. The van der Waals surface area contributed by atoms with Crippen molar-refractivity contribution in [1.82, 2.24) is 5.43 Å². The first-order valence-corrected chi connectivity index (χ1v) is 7.55. The van der Waals surface area contributed by atoms with Crippen molar-refractivity contribution in [2.45, 2.75) is 33.8 Å². The first-order chi connectivity index (χ1) is 10.9. The van der Waals surface area contributed by atoms with Crippen molar-refractivity contribution in [3.63, 3.8) is 0 Å². The van der Waals surface area contributed by atoms with Gasteiger partial charge in [0, 0.05) is 5.56 Å². The Morgan fingerprint density at radius 1 is 1.09 bits per heavy atom. The van der Waals surface area contributed by atoms with E-state index in [1.54, 1.807) is 30.5 Å². The van der Waals surface area contributed by atoms with E-state index in [2.05, 4.69) is 30.4 Å². The summed E-state index contributed by atoms with van der Waals surface area (Å²) >= 11 is 0. The number of nitrogens with one attached hydrogen (secondary N) is 1. The summed E-state index contributed by atoms with van der Waals surface area (Å²) in [4.78, 5) is 12.0. The Bertz CT molecular complexity index is 711. The number of aliphatic hydroxyl groups is 1. The minimum Gasteiger partial charge on any atom is -0.378 e. The molecule has 0 radical (unpaired) electrons. The zero-order chi connectivity index (χ0) is 17.0. The highest BCUT2D eigenvalue weighted by molar-refractivity contribution is 5.87. The molecule has 0 saturated carbocycles. The van der Waals surface area contributed by atoms with Crippen molar-refractivity contribution in [3.8, 4) is 0 Å². The maximum atomic E-state index is 12.0. The van der Waals surface area contributed by atoms with Gasteiger partial charge in [0.2, 0.25) is 0 Å². The van der Waals surface area contributed by atoms with E-state index in [9.17, 15) is 9.90 Å². The number of nitrogens with zero attached hydrogens (tertiary/aromatic N) is 1. The number of benzene rings is 2. The van der Waals surface area contributed by atoms with Gasteiger partial charge >= 0.3 is 0 Å². The molecule has 0 aliphatic carbocycles. The Kier molecular flexibility index (Phi) is 5.29. The van der Waals surface area contributed by atoms with E-state index in [0.29, 0.717) is 5.56 Å². The maximum Gasteiger partial charge on any atom is 0.273 e.